The Morgan fingerprint density at radius 3 is 2.38 bits per heavy atom. The predicted octanol–water partition coefficient (Wildman–Crippen LogP) is 3.62. The van der Waals surface area contributed by atoms with E-state index in [1.165, 1.54) is 24.2 Å². The summed E-state index contributed by atoms with van der Waals surface area (Å²) in [4.78, 5) is 4.49. The summed E-state index contributed by atoms with van der Waals surface area (Å²) in [6.07, 6.45) is -0.141. The molecule has 0 N–H and O–H groups in total. The highest BCUT2D eigenvalue weighted by atomic mass is 32.2. The number of rotatable bonds is 1. The lowest BCUT2D eigenvalue weighted by Gasteiger charge is -2.21. The third-order valence-corrected chi connectivity index (χ3v) is 3.06. The van der Waals surface area contributed by atoms with Gasteiger partial charge in [0.1, 0.15) is 10.9 Å². The van der Waals surface area contributed by atoms with Crippen molar-refractivity contribution < 1.29 is 8.57 Å². The van der Waals surface area contributed by atoms with Gasteiger partial charge in [-0.2, -0.15) is 0 Å². The Kier molecular flexibility index (Phi) is 3.04. The van der Waals surface area contributed by atoms with Gasteiger partial charge in [-0.05, 0) is 24.3 Å². The number of hydrogen-bond donors (Lipinski definition) is 0. The number of hydrogen-bond acceptors (Lipinski definition) is 3. The first-order chi connectivity index (χ1) is 7.47. The van der Waals surface area contributed by atoms with E-state index in [0.29, 0.717) is 0 Å². The second-order valence-electron chi connectivity index (χ2n) is 4.84. The number of aliphatic imine (C=N–C) groups is 1. The third-order valence-electron chi connectivity index (χ3n) is 2.28. The molecule has 0 fully saturated rings. The van der Waals surface area contributed by atoms with E-state index in [1.54, 1.807) is 12.1 Å². The van der Waals surface area contributed by atoms with Crippen LogP contribution in [0.2, 0.25) is 0 Å². The molecule has 1 atom stereocenters. The Bertz CT molecular complexity index is 408. The average molecular weight is 239 g/mol. The predicted molar refractivity (Wildman–Crippen MR) is 64.9 cm³/mol. The second-order valence-corrected chi connectivity index (χ2v) is 5.58. The molecule has 0 aromatic heterocycles. The monoisotopic (exact) mass is 239 g/mol. The van der Waals surface area contributed by atoms with Gasteiger partial charge in [-0.15, -0.1) is 0 Å². The zero-order chi connectivity index (χ0) is 11.8. The zero-order valence-electron chi connectivity index (χ0n) is 9.53. The van der Waals surface area contributed by atoms with Crippen molar-refractivity contribution in [1.29, 1.82) is 0 Å². The van der Waals surface area contributed by atoms with Crippen LogP contribution in [-0.2, 0) is 4.18 Å². The molecule has 1 aliphatic heterocycles. The maximum Gasteiger partial charge on any atom is 0.168 e. The van der Waals surface area contributed by atoms with Gasteiger partial charge >= 0.3 is 0 Å². The van der Waals surface area contributed by atoms with Gasteiger partial charge in [-0.3, -0.25) is 4.18 Å². The molecule has 0 spiro atoms. The van der Waals surface area contributed by atoms with Crippen LogP contribution in [-0.4, -0.2) is 11.3 Å². The standard InChI is InChI=1S/C12H14FNOS/c1-12(2,3)11-14-10(16-15-11)8-4-6-9(13)7-5-8/h4-7,11H,1-3H3. The highest BCUT2D eigenvalue weighted by molar-refractivity contribution is 8.10. The van der Waals surface area contributed by atoms with Crippen molar-refractivity contribution in [2.24, 2.45) is 10.4 Å². The highest BCUT2D eigenvalue weighted by Crippen LogP contribution is 2.34. The summed E-state index contributed by atoms with van der Waals surface area (Å²) in [6.45, 7) is 6.24. The van der Waals surface area contributed by atoms with E-state index >= 15 is 0 Å². The third kappa shape index (κ3) is 2.44. The van der Waals surface area contributed by atoms with Gasteiger partial charge in [0.05, 0.1) is 12.0 Å². The average Bonchev–Trinajstić information content (AvgIpc) is 2.67. The van der Waals surface area contributed by atoms with E-state index in [4.69, 9.17) is 4.18 Å². The van der Waals surface area contributed by atoms with Gasteiger partial charge in [-0.1, -0.05) is 20.8 Å². The summed E-state index contributed by atoms with van der Waals surface area (Å²) in [5, 5.41) is 0.819. The van der Waals surface area contributed by atoms with Crippen molar-refractivity contribution in [3.8, 4) is 0 Å². The highest BCUT2D eigenvalue weighted by Gasteiger charge is 2.31. The molecule has 86 valence electrons. The molecule has 0 radical (unpaired) electrons. The minimum Gasteiger partial charge on any atom is -0.282 e. The van der Waals surface area contributed by atoms with Crippen molar-refractivity contribution in [2.75, 3.05) is 0 Å². The summed E-state index contributed by atoms with van der Waals surface area (Å²) < 4.78 is 18.3. The van der Waals surface area contributed by atoms with Crippen molar-refractivity contribution in [2.45, 2.75) is 27.0 Å². The van der Waals surface area contributed by atoms with Crippen molar-refractivity contribution >= 4 is 17.1 Å². The van der Waals surface area contributed by atoms with Crippen molar-refractivity contribution in [3.63, 3.8) is 0 Å². The molecule has 1 heterocycles. The molecule has 0 saturated carbocycles. The lowest BCUT2D eigenvalue weighted by Crippen LogP contribution is -2.23. The van der Waals surface area contributed by atoms with Gasteiger partial charge < -0.3 is 0 Å². The Morgan fingerprint density at radius 1 is 1.25 bits per heavy atom. The van der Waals surface area contributed by atoms with Gasteiger partial charge in [-0.25, -0.2) is 9.38 Å². The van der Waals surface area contributed by atoms with Crippen LogP contribution in [0.1, 0.15) is 26.3 Å². The lowest BCUT2D eigenvalue weighted by molar-refractivity contribution is 0.126. The second kappa shape index (κ2) is 4.18. The molecular weight excluding hydrogens is 225 g/mol. The lowest BCUT2D eigenvalue weighted by atomic mass is 9.95. The Labute approximate surface area is 99.1 Å². The van der Waals surface area contributed by atoms with Gasteiger partial charge in [0.25, 0.3) is 0 Å². The Balaban J connectivity index is 2.21. The molecule has 1 aliphatic rings. The SMILES string of the molecule is CC(C)(C)C1N=C(c2ccc(F)cc2)SO1. The number of benzene rings is 1. The van der Waals surface area contributed by atoms with Gasteiger partial charge in [0, 0.05) is 11.0 Å². The molecule has 2 nitrogen and oxygen atoms in total. The molecule has 0 amide bonds. The minimum absolute atomic E-state index is 0.0191. The van der Waals surface area contributed by atoms with E-state index in [0.717, 1.165) is 10.6 Å². The summed E-state index contributed by atoms with van der Waals surface area (Å²) in [6, 6.07) is 6.30. The molecular formula is C12H14FNOS. The van der Waals surface area contributed by atoms with E-state index in [2.05, 4.69) is 25.8 Å². The van der Waals surface area contributed by atoms with Crippen molar-refractivity contribution in [3.05, 3.63) is 35.6 Å². The fourth-order valence-electron chi connectivity index (χ4n) is 1.29. The fourth-order valence-corrected chi connectivity index (χ4v) is 2.18. The molecule has 0 saturated heterocycles. The molecule has 1 aromatic carbocycles. The molecule has 16 heavy (non-hydrogen) atoms. The van der Waals surface area contributed by atoms with Crippen LogP contribution in [0.15, 0.2) is 29.3 Å². The van der Waals surface area contributed by atoms with Crippen LogP contribution in [0.25, 0.3) is 0 Å². The maximum atomic E-state index is 12.8. The van der Waals surface area contributed by atoms with E-state index in [-0.39, 0.29) is 17.5 Å². The van der Waals surface area contributed by atoms with E-state index in [9.17, 15) is 4.39 Å². The molecule has 1 aromatic rings. The zero-order valence-corrected chi connectivity index (χ0v) is 10.3. The Hall–Kier alpha value is -0.870. The van der Waals surface area contributed by atoms with E-state index in [1.807, 2.05) is 0 Å². The molecule has 2 rings (SSSR count). The topological polar surface area (TPSA) is 21.6 Å². The molecule has 1 unspecified atom stereocenters. The van der Waals surface area contributed by atoms with Crippen LogP contribution >= 0.6 is 12.0 Å². The molecule has 0 aliphatic carbocycles. The first-order valence-electron chi connectivity index (χ1n) is 5.14. The summed E-state index contributed by atoms with van der Waals surface area (Å²) in [5.74, 6) is -0.236. The smallest absolute Gasteiger partial charge is 0.168 e. The van der Waals surface area contributed by atoms with Crippen LogP contribution in [0.3, 0.4) is 0 Å². The van der Waals surface area contributed by atoms with E-state index < -0.39 is 0 Å². The number of halogens is 1. The quantitative estimate of drug-likeness (QED) is 0.698. The van der Waals surface area contributed by atoms with Crippen LogP contribution < -0.4 is 0 Å². The Morgan fingerprint density at radius 2 is 1.88 bits per heavy atom. The van der Waals surface area contributed by atoms with Crippen LogP contribution in [0.4, 0.5) is 4.39 Å². The minimum atomic E-state index is -0.236. The van der Waals surface area contributed by atoms with Gasteiger partial charge in [0.2, 0.25) is 0 Å². The number of nitrogens with zero attached hydrogens (tertiary/aromatic N) is 1. The molecule has 0 bridgehead atoms. The largest absolute Gasteiger partial charge is 0.282 e. The normalized spacial score (nSPS) is 21.0. The molecule has 4 heteroatoms. The fraction of sp³-hybridized carbons (Fsp3) is 0.417. The summed E-state index contributed by atoms with van der Waals surface area (Å²) in [5.41, 5.74) is 0.882. The van der Waals surface area contributed by atoms with Crippen LogP contribution in [0, 0.1) is 11.2 Å². The summed E-state index contributed by atoms with van der Waals surface area (Å²) >= 11 is 1.26. The summed E-state index contributed by atoms with van der Waals surface area (Å²) in [7, 11) is 0. The van der Waals surface area contributed by atoms with Crippen LogP contribution in [0.5, 0.6) is 0 Å². The first kappa shape index (κ1) is 11.6. The van der Waals surface area contributed by atoms with Gasteiger partial charge in [0.15, 0.2) is 6.23 Å². The maximum absolute atomic E-state index is 12.8. The first-order valence-corrected chi connectivity index (χ1v) is 5.88. The van der Waals surface area contributed by atoms with Crippen molar-refractivity contribution in [1.82, 2.24) is 0 Å².